The first-order valence-corrected chi connectivity index (χ1v) is 6.08. The van der Waals surface area contributed by atoms with E-state index in [4.69, 9.17) is 20.9 Å². The van der Waals surface area contributed by atoms with Crippen LogP contribution in [0.1, 0.15) is 19.3 Å². The van der Waals surface area contributed by atoms with Gasteiger partial charge in [0.25, 0.3) is 0 Å². The Labute approximate surface area is 101 Å². The van der Waals surface area contributed by atoms with Crippen molar-refractivity contribution in [3.05, 3.63) is 0 Å². The Balaban J connectivity index is 2.54. The Morgan fingerprint density at radius 1 is 1.47 bits per heavy atom. The van der Waals surface area contributed by atoms with Gasteiger partial charge in [-0.3, -0.25) is 4.79 Å². The molecule has 0 aromatic rings. The van der Waals surface area contributed by atoms with Gasteiger partial charge in [0.15, 0.2) is 0 Å². The summed E-state index contributed by atoms with van der Waals surface area (Å²) in [5, 5.41) is 29.9. The van der Waals surface area contributed by atoms with Crippen molar-refractivity contribution in [1.82, 2.24) is 5.32 Å². The van der Waals surface area contributed by atoms with Crippen LogP contribution in [0, 0.1) is 11.8 Å². The number of carboxylic acid groups (broad SMARTS) is 1. The third-order valence-corrected chi connectivity index (χ3v) is 3.47. The number of hydrogen-bond donors (Lipinski definition) is 5. The lowest BCUT2D eigenvalue weighted by Gasteiger charge is -2.36. The molecule has 0 bridgehead atoms. The highest BCUT2D eigenvalue weighted by Gasteiger charge is 2.36. The van der Waals surface area contributed by atoms with Gasteiger partial charge in [-0.15, -0.1) is 0 Å². The molecule has 17 heavy (non-hydrogen) atoms. The van der Waals surface area contributed by atoms with E-state index in [1.807, 2.05) is 0 Å². The predicted molar refractivity (Wildman–Crippen MR) is 64.3 cm³/mol. The lowest BCUT2D eigenvalue weighted by atomic mass is 9.75. The maximum Gasteiger partial charge on any atom is 0.451 e. The molecule has 0 amide bonds. The topological polar surface area (TPSA) is 116 Å². The predicted octanol–water partition coefficient (Wildman–Crippen LogP) is -1.12. The molecule has 0 spiro atoms. The van der Waals surface area contributed by atoms with Crippen molar-refractivity contribution in [3.63, 3.8) is 0 Å². The van der Waals surface area contributed by atoms with Gasteiger partial charge in [-0.1, -0.05) is 6.42 Å². The molecule has 1 aliphatic heterocycles. The monoisotopic (exact) mass is 244 g/mol. The molecule has 0 aromatic heterocycles. The molecule has 6 N–H and O–H groups in total. The zero-order chi connectivity index (χ0) is 12.8. The minimum Gasteiger partial charge on any atom is -0.481 e. The molecule has 0 aromatic carbocycles. The summed E-state index contributed by atoms with van der Waals surface area (Å²) in [6.07, 6.45) is 2.14. The highest BCUT2D eigenvalue weighted by molar-refractivity contribution is 6.40. The van der Waals surface area contributed by atoms with E-state index in [0.29, 0.717) is 32.4 Å². The van der Waals surface area contributed by atoms with Crippen molar-refractivity contribution in [1.29, 1.82) is 0 Å². The van der Waals surface area contributed by atoms with E-state index >= 15 is 0 Å². The number of piperidine rings is 1. The second kappa shape index (κ2) is 6.95. The van der Waals surface area contributed by atoms with Crippen LogP contribution in [-0.4, -0.2) is 47.4 Å². The van der Waals surface area contributed by atoms with E-state index in [2.05, 4.69) is 5.32 Å². The van der Waals surface area contributed by atoms with Gasteiger partial charge in [0.1, 0.15) is 0 Å². The van der Waals surface area contributed by atoms with Gasteiger partial charge in [-0.2, -0.15) is 0 Å². The van der Waals surface area contributed by atoms with Crippen LogP contribution in [0.2, 0.25) is 6.32 Å². The highest BCUT2D eigenvalue weighted by atomic mass is 16.4. The van der Waals surface area contributed by atoms with Crippen molar-refractivity contribution in [2.45, 2.75) is 31.6 Å². The Kier molecular flexibility index (Phi) is 5.90. The van der Waals surface area contributed by atoms with Crippen molar-refractivity contribution in [2.75, 3.05) is 13.1 Å². The molecular weight excluding hydrogens is 223 g/mol. The summed E-state index contributed by atoms with van der Waals surface area (Å²) in [7, 11) is -1.31. The van der Waals surface area contributed by atoms with E-state index < -0.39 is 13.1 Å². The molecule has 1 heterocycles. The van der Waals surface area contributed by atoms with E-state index in [9.17, 15) is 4.79 Å². The van der Waals surface area contributed by atoms with Gasteiger partial charge in [0, 0.05) is 12.6 Å². The summed E-state index contributed by atoms with van der Waals surface area (Å²) in [6.45, 7) is 1.09. The zero-order valence-corrected chi connectivity index (χ0v) is 9.88. The third-order valence-electron chi connectivity index (χ3n) is 3.47. The van der Waals surface area contributed by atoms with Crippen molar-refractivity contribution < 1.29 is 19.9 Å². The fourth-order valence-electron chi connectivity index (χ4n) is 2.57. The standard InChI is InChI=1S/C10H21BN2O4/c12-6-9-7(2-1-4-11(16)17)8(10(14)15)3-5-13-9/h7-9,13,16-17H,1-6,12H2,(H,14,15)/t7-,8+,9-/m0/s1. The Morgan fingerprint density at radius 2 is 2.18 bits per heavy atom. The number of carbonyl (C=O) groups is 1. The lowest BCUT2D eigenvalue weighted by Crippen LogP contribution is -2.51. The maximum absolute atomic E-state index is 11.2. The van der Waals surface area contributed by atoms with Gasteiger partial charge in [-0.25, -0.2) is 0 Å². The minimum atomic E-state index is -1.31. The average molecular weight is 244 g/mol. The van der Waals surface area contributed by atoms with Crippen LogP contribution >= 0.6 is 0 Å². The molecule has 0 aliphatic carbocycles. The molecule has 1 rings (SSSR count). The summed E-state index contributed by atoms with van der Waals surface area (Å²) in [6, 6.07) is 0.0145. The molecule has 3 atom stereocenters. The quantitative estimate of drug-likeness (QED) is 0.378. The fraction of sp³-hybridized carbons (Fsp3) is 0.900. The Morgan fingerprint density at radius 3 is 2.71 bits per heavy atom. The molecule has 1 saturated heterocycles. The molecule has 6 nitrogen and oxygen atoms in total. The Bertz CT molecular complexity index is 252. The van der Waals surface area contributed by atoms with Gasteiger partial charge in [0.05, 0.1) is 5.92 Å². The summed E-state index contributed by atoms with van der Waals surface area (Å²) in [5.74, 6) is -1.18. The number of rotatable bonds is 6. The molecular formula is C10H21BN2O4. The van der Waals surface area contributed by atoms with Gasteiger partial charge in [0.2, 0.25) is 0 Å². The number of aliphatic carboxylic acids is 1. The van der Waals surface area contributed by atoms with Crippen LogP contribution < -0.4 is 11.1 Å². The van der Waals surface area contributed by atoms with Crippen molar-refractivity contribution in [2.24, 2.45) is 17.6 Å². The third kappa shape index (κ3) is 4.27. The largest absolute Gasteiger partial charge is 0.481 e. The van der Waals surface area contributed by atoms with Crippen LogP contribution in [0.15, 0.2) is 0 Å². The van der Waals surface area contributed by atoms with E-state index in [1.54, 1.807) is 0 Å². The number of nitrogens with one attached hydrogen (secondary N) is 1. The number of carboxylic acids is 1. The van der Waals surface area contributed by atoms with Crippen molar-refractivity contribution in [3.8, 4) is 0 Å². The van der Waals surface area contributed by atoms with Gasteiger partial charge in [-0.05, 0) is 31.6 Å². The fourth-order valence-corrected chi connectivity index (χ4v) is 2.57. The number of nitrogens with two attached hydrogens (primary N) is 1. The molecule has 1 aliphatic rings. The first-order chi connectivity index (χ1) is 8.06. The van der Waals surface area contributed by atoms with Gasteiger partial charge < -0.3 is 26.2 Å². The van der Waals surface area contributed by atoms with Crippen LogP contribution in [-0.2, 0) is 4.79 Å². The number of hydrogen-bond acceptors (Lipinski definition) is 5. The normalized spacial score (nSPS) is 29.0. The van der Waals surface area contributed by atoms with E-state index in [1.165, 1.54) is 0 Å². The second-order valence-electron chi connectivity index (χ2n) is 4.61. The molecule has 98 valence electrons. The molecule has 7 heteroatoms. The summed E-state index contributed by atoms with van der Waals surface area (Å²) in [5.41, 5.74) is 5.63. The summed E-state index contributed by atoms with van der Waals surface area (Å²) in [4.78, 5) is 11.2. The minimum absolute atomic E-state index is 0.0145. The van der Waals surface area contributed by atoms with Crippen molar-refractivity contribution >= 4 is 13.1 Å². The van der Waals surface area contributed by atoms with Crippen LogP contribution in [0.25, 0.3) is 0 Å². The summed E-state index contributed by atoms with van der Waals surface area (Å²) >= 11 is 0. The maximum atomic E-state index is 11.2. The van der Waals surface area contributed by atoms with Crippen LogP contribution in [0.4, 0.5) is 0 Å². The first-order valence-electron chi connectivity index (χ1n) is 6.08. The van der Waals surface area contributed by atoms with Crippen LogP contribution in [0.3, 0.4) is 0 Å². The second-order valence-corrected chi connectivity index (χ2v) is 4.61. The van der Waals surface area contributed by atoms with E-state index in [-0.39, 0.29) is 24.2 Å². The van der Waals surface area contributed by atoms with Crippen LogP contribution in [0.5, 0.6) is 0 Å². The lowest BCUT2D eigenvalue weighted by molar-refractivity contribution is -0.145. The van der Waals surface area contributed by atoms with E-state index in [0.717, 1.165) is 0 Å². The molecule has 0 saturated carbocycles. The SMILES string of the molecule is NC[C@@H]1NCC[C@@H](C(=O)O)[C@@H]1CCCB(O)O. The summed E-state index contributed by atoms with van der Waals surface area (Å²) < 4.78 is 0. The Hall–Kier alpha value is -0.625. The molecule has 0 radical (unpaired) electrons. The smallest absolute Gasteiger partial charge is 0.451 e. The molecule has 0 unspecified atom stereocenters. The zero-order valence-electron chi connectivity index (χ0n) is 9.88. The first kappa shape index (κ1) is 14.4. The highest BCUT2D eigenvalue weighted by Crippen LogP contribution is 2.28. The molecule has 1 fully saturated rings. The average Bonchev–Trinajstić information content (AvgIpc) is 2.28. The van der Waals surface area contributed by atoms with Gasteiger partial charge >= 0.3 is 13.1 Å².